The molecule has 20 heavy (non-hydrogen) atoms. The van der Waals surface area contributed by atoms with E-state index in [-0.39, 0.29) is 0 Å². The normalized spacial score (nSPS) is 10.4. The third-order valence-corrected chi connectivity index (χ3v) is 3.42. The molecule has 0 atom stereocenters. The zero-order chi connectivity index (χ0) is 13.9. The van der Waals surface area contributed by atoms with Gasteiger partial charge < -0.3 is 4.42 Å². The van der Waals surface area contributed by atoms with Crippen molar-refractivity contribution < 1.29 is 4.42 Å². The Balaban J connectivity index is 2.07. The maximum absolute atomic E-state index is 6.04. The Labute approximate surface area is 127 Å². The molecule has 0 unspecified atom stereocenters. The van der Waals surface area contributed by atoms with Gasteiger partial charge in [0.15, 0.2) is 5.76 Å². The molecule has 1 aromatic heterocycles. The lowest BCUT2D eigenvalue weighted by Gasteiger charge is -2.02. The molecule has 0 N–H and O–H groups in total. The minimum atomic E-state index is 0.580. The molecule has 4 heteroatoms. The highest BCUT2D eigenvalue weighted by Gasteiger charge is 2.11. The molecule has 0 spiro atoms. The Bertz CT molecular complexity index is 752. The van der Waals surface area contributed by atoms with Crippen LogP contribution in [-0.4, -0.2) is 10.4 Å². The molecule has 0 saturated carbocycles. The summed E-state index contributed by atoms with van der Waals surface area (Å²) in [6.45, 7) is 0. The van der Waals surface area contributed by atoms with Crippen LogP contribution in [0.5, 0.6) is 0 Å². The van der Waals surface area contributed by atoms with Crippen molar-refractivity contribution in [3.05, 3.63) is 65.3 Å². The van der Waals surface area contributed by atoms with Crippen LogP contribution in [0.1, 0.15) is 5.56 Å². The SMILES string of the molecule is S=Cc1ccc(Cl)cc1-c1cnc(-c2ccccc2)o1. The van der Waals surface area contributed by atoms with Gasteiger partial charge in [-0.1, -0.05) is 48.1 Å². The van der Waals surface area contributed by atoms with Crippen LogP contribution in [0.25, 0.3) is 22.8 Å². The molecule has 3 aromatic rings. The Hall–Kier alpha value is -1.97. The Kier molecular flexibility index (Phi) is 3.63. The number of halogens is 1. The van der Waals surface area contributed by atoms with E-state index >= 15 is 0 Å². The summed E-state index contributed by atoms with van der Waals surface area (Å²) in [6, 6.07) is 15.3. The summed E-state index contributed by atoms with van der Waals surface area (Å²) >= 11 is 11.1. The molecule has 1 heterocycles. The number of hydrogen-bond acceptors (Lipinski definition) is 3. The summed E-state index contributed by atoms with van der Waals surface area (Å²) < 4.78 is 5.82. The van der Waals surface area contributed by atoms with Crippen LogP contribution in [0.15, 0.2) is 59.1 Å². The third kappa shape index (κ3) is 2.50. The number of rotatable bonds is 3. The van der Waals surface area contributed by atoms with Gasteiger partial charge >= 0.3 is 0 Å². The predicted octanol–water partition coefficient (Wildman–Crippen LogP) is 5.01. The van der Waals surface area contributed by atoms with E-state index in [9.17, 15) is 0 Å². The molecular weight excluding hydrogens is 290 g/mol. The van der Waals surface area contributed by atoms with E-state index in [1.54, 1.807) is 17.6 Å². The van der Waals surface area contributed by atoms with Gasteiger partial charge in [-0.15, -0.1) is 0 Å². The van der Waals surface area contributed by atoms with Gasteiger partial charge in [0.1, 0.15) is 0 Å². The van der Waals surface area contributed by atoms with E-state index in [2.05, 4.69) is 4.98 Å². The lowest BCUT2D eigenvalue weighted by atomic mass is 10.1. The molecule has 2 nitrogen and oxygen atoms in total. The van der Waals surface area contributed by atoms with Gasteiger partial charge in [0, 0.05) is 21.5 Å². The first kappa shape index (κ1) is 13.0. The van der Waals surface area contributed by atoms with Crippen molar-refractivity contribution in [3.8, 4) is 22.8 Å². The van der Waals surface area contributed by atoms with Crippen molar-refractivity contribution in [2.75, 3.05) is 0 Å². The molecule has 0 aliphatic rings. The average Bonchev–Trinajstić information content (AvgIpc) is 2.98. The van der Waals surface area contributed by atoms with Crippen LogP contribution in [0, 0.1) is 0 Å². The first-order valence-corrected chi connectivity index (χ1v) is 6.89. The van der Waals surface area contributed by atoms with Crippen LogP contribution >= 0.6 is 23.8 Å². The molecule has 0 saturated heterocycles. The monoisotopic (exact) mass is 299 g/mol. The first-order valence-electron chi connectivity index (χ1n) is 6.04. The molecule has 0 amide bonds. The maximum atomic E-state index is 6.04. The molecule has 0 radical (unpaired) electrons. The van der Waals surface area contributed by atoms with Crippen LogP contribution in [0.3, 0.4) is 0 Å². The summed E-state index contributed by atoms with van der Waals surface area (Å²) in [5.74, 6) is 1.23. The lowest BCUT2D eigenvalue weighted by molar-refractivity contribution is 0.589. The van der Waals surface area contributed by atoms with Crippen molar-refractivity contribution in [2.24, 2.45) is 0 Å². The van der Waals surface area contributed by atoms with Crippen LogP contribution in [0.2, 0.25) is 5.02 Å². The molecule has 0 aliphatic heterocycles. The summed E-state index contributed by atoms with van der Waals surface area (Å²) in [6.07, 6.45) is 1.69. The van der Waals surface area contributed by atoms with Crippen molar-refractivity contribution in [1.82, 2.24) is 4.98 Å². The van der Waals surface area contributed by atoms with Crippen LogP contribution in [0.4, 0.5) is 0 Å². The Morgan fingerprint density at radius 3 is 2.65 bits per heavy atom. The van der Waals surface area contributed by atoms with E-state index in [4.69, 9.17) is 28.2 Å². The summed E-state index contributed by atoms with van der Waals surface area (Å²) in [5, 5.41) is 2.24. The Morgan fingerprint density at radius 1 is 1.10 bits per heavy atom. The summed E-state index contributed by atoms with van der Waals surface area (Å²) in [7, 11) is 0. The third-order valence-electron chi connectivity index (χ3n) is 2.93. The lowest BCUT2D eigenvalue weighted by Crippen LogP contribution is -1.85. The molecular formula is C16H10ClNOS. The first-order chi connectivity index (χ1) is 9.78. The van der Waals surface area contributed by atoms with Gasteiger partial charge in [-0.2, -0.15) is 0 Å². The number of aromatic nitrogens is 1. The van der Waals surface area contributed by atoms with E-state index in [0.29, 0.717) is 16.7 Å². The smallest absolute Gasteiger partial charge is 0.226 e. The van der Waals surface area contributed by atoms with Gasteiger partial charge in [0.25, 0.3) is 0 Å². The van der Waals surface area contributed by atoms with Crippen molar-refractivity contribution in [1.29, 1.82) is 0 Å². The topological polar surface area (TPSA) is 26.0 Å². The van der Waals surface area contributed by atoms with Crippen molar-refractivity contribution in [2.45, 2.75) is 0 Å². The molecule has 0 bridgehead atoms. The number of thiocarbonyl (C=S) groups is 1. The molecule has 2 aromatic carbocycles. The highest BCUT2D eigenvalue weighted by Crippen LogP contribution is 2.29. The van der Waals surface area contributed by atoms with Gasteiger partial charge in [-0.25, -0.2) is 4.98 Å². The standard InChI is InChI=1S/C16H10ClNOS/c17-13-7-6-12(10-20)14(8-13)15-9-18-16(19-15)11-4-2-1-3-5-11/h1-10H. The zero-order valence-corrected chi connectivity index (χ0v) is 12.0. The number of benzene rings is 2. The second-order valence-corrected chi connectivity index (χ2v) is 4.92. The summed E-state index contributed by atoms with van der Waals surface area (Å²) in [5.41, 5.74) is 2.67. The van der Waals surface area contributed by atoms with Crippen LogP contribution < -0.4 is 0 Å². The second kappa shape index (κ2) is 5.57. The van der Waals surface area contributed by atoms with Gasteiger partial charge in [-0.05, 0) is 29.8 Å². The number of nitrogens with zero attached hydrogens (tertiary/aromatic N) is 1. The second-order valence-electron chi connectivity index (χ2n) is 4.25. The van der Waals surface area contributed by atoms with Crippen molar-refractivity contribution in [3.63, 3.8) is 0 Å². The van der Waals surface area contributed by atoms with Gasteiger partial charge in [0.2, 0.25) is 5.89 Å². The van der Waals surface area contributed by atoms with E-state index < -0.39 is 0 Å². The molecule has 3 rings (SSSR count). The largest absolute Gasteiger partial charge is 0.436 e. The molecule has 0 aliphatic carbocycles. The maximum Gasteiger partial charge on any atom is 0.226 e. The van der Waals surface area contributed by atoms with Crippen molar-refractivity contribution >= 4 is 29.2 Å². The fraction of sp³-hybridized carbons (Fsp3) is 0. The van der Waals surface area contributed by atoms with Crippen LogP contribution in [-0.2, 0) is 0 Å². The minimum absolute atomic E-state index is 0.580. The van der Waals surface area contributed by atoms with E-state index in [1.807, 2.05) is 42.5 Å². The molecule has 0 fully saturated rings. The fourth-order valence-corrected chi connectivity index (χ4v) is 2.34. The van der Waals surface area contributed by atoms with Gasteiger partial charge in [0.05, 0.1) is 6.20 Å². The highest BCUT2D eigenvalue weighted by molar-refractivity contribution is 7.79. The minimum Gasteiger partial charge on any atom is -0.436 e. The van der Waals surface area contributed by atoms with E-state index in [1.165, 1.54) is 0 Å². The quantitative estimate of drug-likeness (QED) is 0.636. The Morgan fingerprint density at radius 2 is 1.90 bits per heavy atom. The average molecular weight is 300 g/mol. The number of hydrogen-bond donors (Lipinski definition) is 0. The predicted molar refractivity (Wildman–Crippen MR) is 85.1 cm³/mol. The summed E-state index contributed by atoms with van der Waals surface area (Å²) in [4.78, 5) is 4.31. The zero-order valence-electron chi connectivity index (χ0n) is 10.4. The fourth-order valence-electron chi connectivity index (χ4n) is 1.96. The highest BCUT2D eigenvalue weighted by atomic mass is 35.5. The van der Waals surface area contributed by atoms with E-state index in [0.717, 1.165) is 16.7 Å². The van der Waals surface area contributed by atoms with Gasteiger partial charge in [-0.3, -0.25) is 0 Å². The number of oxazole rings is 1. The molecule has 98 valence electrons.